The number of hydrogen-bond donors (Lipinski definition) is 1. The quantitative estimate of drug-likeness (QED) is 0.427. The molecule has 2 aromatic rings. The largest absolute Gasteiger partial charge is 0.497 e. The molecular formula is C17H22O2P2S4. The van der Waals surface area contributed by atoms with Crippen LogP contribution >= 0.6 is 32.9 Å². The fourth-order valence-corrected chi connectivity index (χ4v) is 27.0. The van der Waals surface area contributed by atoms with Gasteiger partial charge >= 0.3 is 0 Å². The van der Waals surface area contributed by atoms with Gasteiger partial charge in [0, 0.05) is 10.5 Å². The van der Waals surface area contributed by atoms with E-state index in [1.54, 1.807) is 25.2 Å². The van der Waals surface area contributed by atoms with E-state index < -0.39 is 9.68 Å². The Morgan fingerprint density at radius 2 is 1.32 bits per heavy atom. The molecule has 0 saturated carbocycles. The number of hydrogen-bond acceptors (Lipinski definition) is 5. The van der Waals surface area contributed by atoms with Crippen molar-refractivity contribution in [2.75, 3.05) is 20.4 Å². The minimum atomic E-state index is -2.11. The summed E-state index contributed by atoms with van der Waals surface area (Å²) in [5.41, 5.74) is 0. The minimum Gasteiger partial charge on any atom is -0.497 e. The van der Waals surface area contributed by atoms with Crippen molar-refractivity contribution in [2.45, 2.75) is 13.3 Å². The van der Waals surface area contributed by atoms with E-state index >= 15 is 0 Å². The highest BCUT2D eigenvalue weighted by molar-refractivity contribution is 9.15. The third-order valence-corrected chi connectivity index (χ3v) is 22.9. The Labute approximate surface area is 169 Å². The van der Waals surface area contributed by atoms with Gasteiger partial charge in [-0.3, -0.25) is 0 Å². The Morgan fingerprint density at radius 1 is 0.880 bits per heavy atom. The zero-order valence-corrected chi connectivity index (χ0v) is 19.5. The van der Waals surface area contributed by atoms with E-state index in [0.29, 0.717) is 0 Å². The second kappa shape index (κ2) is 9.30. The summed E-state index contributed by atoms with van der Waals surface area (Å²) in [6, 6.07) is 16.0. The summed E-state index contributed by atoms with van der Waals surface area (Å²) >= 11 is 18.7. The molecule has 0 aliphatic heterocycles. The topological polar surface area (TPSA) is 18.5 Å². The molecule has 2 aromatic carbocycles. The highest BCUT2D eigenvalue weighted by Gasteiger charge is 2.28. The molecule has 8 heteroatoms. The molecule has 2 rings (SSSR count). The first kappa shape index (κ1) is 21.3. The highest BCUT2D eigenvalue weighted by atomic mass is 33.4. The van der Waals surface area contributed by atoms with Crippen LogP contribution in [0.15, 0.2) is 48.5 Å². The Balaban J connectivity index is 2.34. The van der Waals surface area contributed by atoms with E-state index in [1.807, 2.05) is 36.4 Å². The van der Waals surface area contributed by atoms with Gasteiger partial charge in [-0.15, -0.1) is 12.2 Å². The van der Waals surface area contributed by atoms with Gasteiger partial charge in [-0.05, 0) is 60.0 Å². The monoisotopic (exact) mass is 448 g/mol. The minimum absolute atomic E-state index is 0.820. The van der Waals surface area contributed by atoms with Gasteiger partial charge in [0.05, 0.1) is 18.7 Å². The Kier molecular flexibility index (Phi) is 7.94. The van der Waals surface area contributed by atoms with Gasteiger partial charge in [-0.1, -0.05) is 48.0 Å². The molecule has 0 amide bonds. The number of rotatable bonds is 8. The summed E-state index contributed by atoms with van der Waals surface area (Å²) in [5, 5.41) is 0.376. The van der Waals surface area contributed by atoms with Gasteiger partial charge in [0.25, 0.3) is 0 Å². The van der Waals surface area contributed by atoms with Crippen LogP contribution in [0, 0.1) is 0 Å². The molecule has 2 nitrogen and oxygen atoms in total. The molecule has 25 heavy (non-hydrogen) atoms. The van der Waals surface area contributed by atoms with E-state index in [1.165, 1.54) is 5.30 Å². The van der Waals surface area contributed by atoms with Gasteiger partial charge in [-0.25, -0.2) is 0 Å². The van der Waals surface area contributed by atoms with Crippen LogP contribution in [0.25, 0.3) is 0 Å². The molecule has 136 valence electrons. The zero-order chi connectivity index (χ0) is 18.5. The molecule has 0 saturated heterocycles. The van der Waals surface area contributed by atoms with Gasteiger partial charge in [0.2, 0.25) is 0 Å². The fraction of sp³-hybridized carbons (Fsp3) is 0.294. The zero-order valence-electron chi connectivity index (χ0n) is 14.4. The third-order valence-electron chi connectivity index (χ3n) is 3.63. The van der Waals surface area contributed by atoms with E-state index in [2.05, 4.69) is 19.1 Å². The molecular weight excluding hydrogens is 426 g/mol. The summed E-state index contributed by atoms with van der Waals surface area (Å²) < 4.78 is 8.39. The van der Waals surface area contributed by atoms with Crippen LogP contribution in [0.2, 0.25) is 0 Å². The SMILES string of the molecule is CCCP(=S)(SP(=S)(S)c1ccc(OC)cc1)c1ccc(OC)cc1. The second-order valence-electron chi connectivity index (χ2n) is 5.40. The number of thiol groups is 1. The Hall–Kier alpha value is 0.0400. The lowest BCUT2D eigenvalue weighted by Gasteiger charge is -2.27. The van der Waals surface area contributed by atoms with Crippen LogP contribution in [0.1, 0.15) is 13.3 Å². The second-order valence-corrected chi connectivity index (χ2v) is 23.2. The van der Waals surface area contributed by atoms with Crippen LogP contribution in [0.5, 0.6) is 11.5 Å². The first-order valence-corrected chi connectivity index (χ1v) is 16.7. The van der Waals surface area contributed by atoms with Gasteiger partial charge in [0.1, 0.15) is 11.5 Å². The smallest absolute Gasteiger partial charge is 0.118 e. The Morgan fingerprint density at radius 3 is 1.72 bits per heavy atom. The Bertz CT molecular complexity index is 791. The van der Waals surface area contributed by atoms with Crippen molar-refractivity contribution in [3.8, 4) is 11.5 Å². The molecule has 0 aliphatic rings. The van der Waals surface area contributed by atoms with Crippen molar-refractivity contribution < 1.29 is 9.47 Å². The maximum atomic E-state index is 6.16. The molecule has 0 fully saturated rings. The first-order chi connectivity index (χ1) is 11.8. The molecule has 0 aromatic heterocycles. The van der Waals surface area contributed by atoms with Gasteiger partial charge in [-0.2, -0.15) is 0 Å². The lowest BCUT2D eigenvalue weighted by atomic mass is 10.3. The fourth-order valence-electron chi connectivity index (χ4n) is 2.32. The molecule has 2 atom stereocenters. The predicted octanol–water partition coefficient (Wildman–Crippen LogP) is 5.43. The average Bonchev–Trinajstić information content (AvgIpc) is 2.61. The van der Waals surface area contributed by atoms with Gasteiger partial charge < -0.3 is 9.47 Å². The standard InChI is InChI=1S/C17H22O2P2S4/c1-4-13-20(22,16-9-5-14(18-2)6-10-16)25-21(23,24)17-11-7-15(19-3)8-12-17/h5-12H,4,13H2,1-3H3,(H,23,24). The molecule has 0 spiro atoms. The predicted molar refractivity (Wildman–Crippen MR) is 126 cm³/mol. The molecule has 0 aliphatic carbocycles. The maximum absolute atomic E-state index is 6.16. The average molecular weight is 449 g/mol. The lowest BCUT2D eigenvalue weighted by Crippen LogP contribution is -2.06. The van der Waals surface area contributed by atoms with E-state index in [0.717, 1.165) is 29.4 Å². The third kappa shape index (κ3) is 5.51. The van der Waals surface area contributed by atoms with E-state index in [-0.39, 0.29) is 0 Å². The van der Waals surface area contributed by atoms with Gasteiger partial charge in [0.15, 0.2) is 0 Å². The van der Waals surface area contributed by atoms with Crippen LogP contribution in [-0.2, 0) is 23.6 Å². The molecule has 0 bridgehead atoms. The van der Waals surface area contributed by atoms with Crippen LogP contribution < -0.4 is 20.1 Å². The number of benzene rings is 2. The van der Waals surface area contributed by atoms with Crippen molar-refractivity contribution >= 4 is 67.2 Å². The maximum Gasteiger partial charge on any atom is 0.118 e. The lowest BCUT2D eigenvalue weighted by molar-refractivity contribution is 0.415. The summed E-state index contributed by atoms with van der Waals surface area (Å²) in [5.74, 6) is 1.66. The van der Waals surface area contributed by atoms with Crippen LogP contribution in [-0.4, -0.2) is 20.4 Å². The number of ether oxygens (including phenoxy) is 2. The molecule has 0 N–H and O–H groups in total. The highest BCUT2D eigenvalue weighted by Crippen LogP contribution is 2.79. The normalized spacial score (nSPS) is 15.8. The molecule has 2 unspecified atom stereocenters. The number of methoxy groups -OCH3 is 2. The summed E-state index contributed by atoms with van der Waals surface area (Å²) in [7, 11) is 3.33. The summed E-state index contributed by atoms with van der Waals surface area (Å²) in [6.07, 6.45) is 2.00. The van der Waals surface area contributed by atoms with E-state index in [4.69, 9.17) is 45.3 Å². The molecule has 0 heterocycles. The first-order valence-electron chi connectivity index (χ1n) is 7.77. The van der Waals surface area contributed by atoms with Crippen LogP contribution in [0.4, 0.5) is 0 Å². The summed E-state index contributed by atoms with van der Waals surface area (Å²) in [4.78, 5) is 0. The van der Waals surface area contributed by atoms with Crippen molar-refractivity contribution in [1.29, 1.82) is 0 Å². The van der Waals surface area contributed by atoms with Crippen molar-refractivity contribution in [3.05, 3.63) is 48.5 Å². The van der Waals surface area contributed by atoms with Crippen molar-refractivity contribution in [2.24, 2.45) is 0 Å². The van der Waals surface area contributed by atoms with Crippen LogP contribution in [0.3, 0.4) is 0 Å². The van der Waals surface area contributed by atoms with Crippen molar-refractivity contribution in [3.63, 3.8) is 0 Å². The van der Waals surface area contributed by atoms with E-state index in [9.17, 15) is 0 Å². The summed E-state index contributed by atoms with van der Waals surface area (Å²) in [6.45, 7) is 2.17. The molecule has 0 radical (unpaired) electrons. The van der Waals surface area contributed by atoms with Crippen molar-refractivity contribution in [1.82, 2.24) is 0 Å².